The lowest BCUT2D eigenvalue weighted by molar-refractivity contribution is 0.662. The fourth-order valence-electron chi connectivity index (χ4n) is 1.94. The average Bonchev–Trinajstić information content (AvgIpc) is 2.89. The van der Waals surface area contributed by atoms with Gasteiger partial charge in [-0.15, -0.1) is 11.3 Å². The smallest absolute Gasteiger partial charge is 0.0755 e. The Kier molecular flexibility index (Phi) is 3.97. The molecule has 0 bridgehead atoms. The van der Waals surface area contributed by atoms with E-state index >= 15 is 0 Å². The molecule has 0 fully saturated rings. The van der Waals surface area contributed by atoms with E-state index in [-0.39, 0.29) is 0 Å². The van der Waals surface area contributed by atoms with Crippen molar-refractivity contribution in [1.29, 1.82) is 0 Å². The molecule has 17 heavy (non-hydrogen) atoms. The molecule has 0 aliphatic carbocycles. The zero-order valence-electron chi connectivity index (χ0n) is 10.7. The first-order valence-corrected chi connectivity index (χ1v) is 6.86. The highest BCUT2D eigenvalue weighted by Gasteiger charge is 2.11. The van der Waals surface area contributed by atoms with Gasteiger partial charge in [0.2, 0.25) is 0 Å². The maximum Gasteiger partial charge on any atom is 0.0755 e. The third kappa shape index (κ3) is 2.76. The van der Waals surface area contributed by atoms with Crippen LogP contribution in [0.25, 0.3) is 0 Å². The molecule has 4 heteroatoms. The average molecular weight is 249 g/mol. The van der Waals surface area contributed by atoms with Crippen molar-refractivity contribution in [3.63, 3.8) is 0 Å². The number of thiophene rings is 1. The van der Waals surface area contributed by atoms with E-state index in [2.05, 4.69) is 53.4 Å². The van der Waals surface area contributed by atoms with Gasteiger partial charge in [0.15, 0.2) is 0 Å². The minimum Gasteiger partial charge on any atom is -0.313 e. The zero-order valence-corrected chi connectivity index (χ0v) is 11.5. The van der Waals surface area contributed by atoms with Crippen LogP contribution in [0.5, 0.6) is 0 Å². The van der Waals surface area contributed by atoms with E-state index in [4.69, 9.17) is 0 Å². The highest BCUT2D eigenvalue weighted by atomic mass is 32.1. The Morgan fingerprint density at radius 3 is 2.88 bits per heavy atom. The van der Waals surface area contributed by atoms with E-state index in [0.717, 1.165) is 25.3 Å². The van der Waals surface area contributed by atoms with Gasteiger partial charge in [-0.3, -0.25) is 4.68 Å². The molecule has 0 aliphatic rings. The predicted molar refractivity (Wildman–Crippen MR) is 72.5 cm³/mol. The summed E-state index contributed by atoms with van der Waals surface area (Å²) in [7, 11) is 0. The molecule has 0 saturated carbocycles. The van der Waals surface area contributed by atoms with Gasteiger partial charge in [-0.2, -0.15) is 5.10 Å². The van der Waals surface area contributed by atoms with E-state index in [1.54, 1.807) is 11.3 Å². The summed E-state index contributed by atoms with van der Waals surface area (Å²) in [5.41, 5.74) is 3.75. The number of hydrogen-bond acceptors (Lipinski definition) is 3. The Morgan fingerprint density at radius 1 is 1.41 bits per heavy atom. The molecule has 2 rings (SSSR count). The molecule has 2 aromatic rings. The minimum absolute atomic E-state index is 0.885. The quantitative estimate of drug-likeness (QED) is 0.883. The Hall–Kier alpha value is -1.13. The predicted octanol–water partition coefficient (Wildman–Crippen LogP) is 2.72. The molecular weight excluding hydrogens is 230 g/mol. The van der Waals surface area contributed by atoms with Crippen LogP contribution in [-0.2, 0) is 13.1 Å². The molecule has 1 N–H and O–H groups in total. The topological polar surface area (TPSA) is 29.9 Å². The molecule has 0 unspecified atom stereocenters. The van der Waals surface area contributed by atoms with Crippen molar-refractivity contribution >= 4 is 11.3 Å². The summed E-state index contributed by atoms with van der Waals surface area (Å²) < 4.78 is 2.10. The summed E-state index contributed by atoms with van der Waals surface area (Å²) in [6.45, 7) is 9.16. The Bertz CT molecular complexity index is 471. The fraction of sp³-hybridized carbons (Fsp3) is 0.462. The van der Waals surface area contributed by atoms with Crippen LogP contribution >= 0.6 is 11.3 Å². The SMILES string of the molecule is CCNCc1c(C)nn(Cc2cccs2)c1C. The number of nitrogens with zero attached hydrogens (tertiary/aromatic N) is 2. The summed E-state index contributed by atoms with van der Waals surface area (Å²) in [5.74, 6) is 0. The van der Waals surface area contributed by atoms with Crippen molar-refractivity contribution < 1.29 is 0 Å². The summed E-state index contributed by atoms with van der Waals surface area (Å²) in [4.78, 5) is 1.35. The number of nitrogens with one attached hydrogen (secondary N) is 1. The number of aromatic nitrogens is 2. The molecule has 3 nitrogen and oxygen atoms in total. The van der Waals surface area contributed by atoms with Crippen LogP contribution in [0.2, 0.25) is 0 Å². The Balaban J connectivity index is 2.18. The summed E-state index contributed by atoms with van der Waals surface area (Å²) in [6, 6.07) is 4.25. The van der Waals surface area contributed by atoms with Crippen molar-refractivity contribution in [2.24, 2.45) is 0 Å². The van der Waals surface area contributed by atoms with Crippen molar-refractivity contribution in [1.82, 2.24) is 15.1 Å². The second kappa shape index (κ2) is 5.47. The van der Waals surface area contributed by atoms with Crippen LogP contribution < -0.4 is 5.32 Å². The highest BCUT2D eigenvalue weighted by Crippen LogP contribution is 2.16. The minimum atomic E-state index is 0.885. The standard InChI is InChI=1S/C13H19N3S/c1-4-14-8-13-10(2)15-16(11(13)3)9-12-6-5-7-17-12/h5-7,14H,4,8-9H2,1-3H3. The van der Waals surface area contributed by atoms with Crippen LogP contribution in [0, 0.1) is 13.8 Å². The lowest BCUT2D eigenvalue weighted by atomic mass is 10.2. The molecule has 0 aromatic carbocycles. The Morgan fingerprint density at radius 2 is 2.24 bits per heavy atom. The summed E-state index contributed by atoms with van der Waals surface area (Å²) >= 11 is 1.78. The molecule has 0 amide bonds. The van der Waals surface area contributed by atoms with Gasteiger partial charge < -0.3 is 5.32 Å². The van der Waals surface area contributed by atoms with Gasteiger partial charge in [0.1, 0.15) is 0 Å². The number of aryl methyl sites for hydroxylation is 1. The summed E-state index contributed by atoms with van der Waals surface area (Å²) in [5, 5.41) is 10.1. The molecular formula is C13H19N3S. The first-order valence-electron chi connectivity index (χ1n) is 5.98. The number of hydrogen-bond donors (Lipinski definition) is 1. The maximum atomic E-state index is 4.62. The normalized spacial score (nSPS) is 11.0. The third-order valence-corrected chi connectivity index (χ3v) is 3.83. The molecule has 0 spiro atoms. The van der Waals surface area contributed by atoms with E-state index in [1.807, 2.05) is 0 Å². The van der Waals surface area contributed by atoms with Crippen LogP contribution in [-0.4, -0.2) is 16.3 Å². The van der Waals surface area contributed by atoms with Gasteiger partial charge in [-0.1, -0.05) is 13.0 Å². The lowest BCUT2D eigenvalue weighted by Gasteiger charge is -2.04. The third-order valence-electron chi connectivity index (χ3n) is 2.97. The molecule has 0 aliphatic heterocycles. The maximum absolute atomic E-state index is 4.62. The van der Waals surface area contributed by atoms with Crippen LogP contribution in [0.1, 0.15) is 28.8 Å². The second-order valence-electron chi connectivity index (χ2n) is 4.17. The largest absolute Gasteiger partial charge is 0.313 e. The molecule has 0 saturated heterocycles. The zero-order chi connectivity index (χ0) is 12.3. The van der Waals surface area contributed by atoms with Gasteiger partial charge in [-0.25, -0.2) is 0 Å². The van der Waals surface area contributed by atoms with Crippen molar-refractivity contribution in [2.75, 3.05) is 6.54 Å². The second-order valence-corrected chi connectivity index (χ2v) is 5.20. The lowest BCUT2D eigenvalue weighted by Crippen LogP contribution is -2.13. The molecule has 92 valence electrons. The van der Waals surface area contributed by atoms with E-state index in [1.165, 1.54) is 16.1 Å². The van der Waals surface area contributed by atoms with Gasteiger partial charge in [0, 0.05) is 22.7 Å². The Labute approximate surface area is 106 Å². The van der Waals surface area contributed by atoms with Crippen molar-refractivity contribution in [2.45, 2.75) is 33.9 Å². The van der Waals surface area contributed by atoms with Crippen molar-refractivity contribution in [3.8, 4) is 0 Å². The highest BCUT2D eigenvalue weighted by molar-refractivity contribution is 7.09. The van der Waals surface area contributed by atoms with E-state index in [9.17, 15) is 0 Å². The molecule has 0 radical (unpaired) electrons. The van der Waals surface area contributed by atoms with Gasteiger partial charge in [0.25, 0.3) is 0 Å². The number of rotatable bonds is 5. The molecule has 2 aromatic heterocycles. The first-order chi connectivity index (χ1) is 8.22. The van der Waals surface area contributed by atoms with Crippen LogP contribution in [0.15, 0.2) is 17.5 Å². The van der Waals surface area contributed by atoms with Crippen LogP contribution in [0.3, 0.4) is 0 Å². The van der Waals surface area contributed by atoms with Crippen LogP contribution in [0.4, 0.5) is 0 Å². The first kappa shape index (κ1) is 12.3. The summed E-state index contributed by atoms with van der Waals surface area (Å²) in [6.07, 6.45) is 0. The monoisotopic (exact) mass is 249 g/mol. The van der Waals surface area contributed by atoms with E-state index < -0.39 is 0 Å². The fourth-order valence-corrected chi connectivity index (χ4v) is 2.63. The van der Waals surface area contributed by atoms with Gasteiger partial charge in [0.05, 0.1) is 12.2 Å². The van der Waals surface area contributed by atoms with Gasteiger partial charge in [-0.05, 0) is 31.8 Å². The molecule has 0 atom stereocenters. The van der Waals surface area contributed by atoms with E-state index in [0.29, 0.717) is 0 Å². The van der Waals surface area contributed by atoms with Crippen molar-refractivity contribution in [3.05, 3.63) is 39.3 Å². The van der Waals surface area contributed by atoms with Gasteiger partial charge >= 0.3 is 0 Å². The molecule has 2 heterocycles.